The molecule has 0 amide bonds. The predicted octanol–water partition coefficient (Wildman–Crippen LogP) is 3.96. The Kier molecular flexibility index (Phi) is 6.60. The van der Waals surface area contributed by atoms with E-state index >= 15 is 0 Å². The van der Waals surface area contributed by atoms with Crippen LogP contribution in [0.1, 0.15) is 75.8 Å². The Labute approximate surface area is 201 Å². The van der Waals surface area contributed by atoms with Crippen molar-refractivity contribution in [3.05, 3.63) is 23.3 Å². The van der Waals surface area contributed by atoms with Crippen LogP contribution in [0.25, 0.3) is 0 Å². The monoisotopic (exact) mass is 471 g/mol. The third-order valence-electron chi connectivity index (χ3n) is 8.05. The lowest BCUT2D eigenvalue weighted by Crippen LogP contribution is -2.65. The standard InChI is InChI=1S/C27H37NO6/c1-3-5-13-32-20-9-8-18-14-21(28(12-4-2)15-17-6-7-17)27(33-16-22(30)31)11-10-19(29)25-24(27)23(18)26(20)34-25/h8-9,17,21,24-25H,3-7,10-16H2,1-2H3,(H,30,31)/t21-,24?,25+,27-/m1/s1. The zero-order valence-electron chi connectivity index (χ0n) is 20.4. The quantitative estimate of drug-likeness (QED) is 0.462. The van der Waals surface area contributed by atoms with Gasteiger partial charge in [0, 0.05) is 24.6 Å². The average molecular weight is 472 g/mol. The molecule has 1 N–H and O–H groups in total. The highest BCUT2D eigenvalue weighted by Gasteiger charge is 2.63. The van der Waals surface area contributed by atoms with Crippen LogP contribution in [0.3, 0.4) is 0 Å². The highest BCUT2D eigenvalue weighted by atomic mass is 16.5. The molecule has 4 atom stereocenters. The molecule has 7 heteroatoms. The van der Waals surface area contributed by atoms with Gasteiger partial charge in [0.05, 0.1) is 18.1 Å². The van der Waals surface area contributed by atoms with E-state index < -0.39 is 17.7 Å². The minimum Gasteiger partial charge on any atom is -0.490 e. The van der Waals surface area contributed by atoms with Crippen molar-refractivity contribution in [2.45, 2.75) is 88.9 Å². The van der Waals surface area contributed by atoms with Crippen molar-refractivity contribution in [3.8, 4) is 11.5 Å². The van der Waals surface area contributed by atoms with Crippen LogP contribution in [0, 0.1) is 5.92 Å². The van der Waals surface area contributed by atoms with Crippen LogP contribution < -0.4 is 9.47 Å². The summed E-state index contributed by atoms with van der Waals surface area (Å²) in [7, 11) is 0. The third-order valence-corrected chi connectivity index (χ3v) is 8.05. The first-order chi connectivity index (χ1) is 16.5. The number of carbonyl (C=O) groups excluding carboxylic acids is 1. The van der Waals surface area contributed by atoms with E-state index in [4.69, 9.17) is 14.2 Å². The van der Waals surface area contributed by atoms with Crippen molar-refractivity contribution >= 4 is 11.8 Å². The fraction of sp³-hybridized carbons (Fsp3) is 0.704. The van der Waals surface area contributed by atoms with E-state index in [-0.39, 0.29) is 24.3 Å². The number of aliphatic carboxylic acids is 1. The number of unbranched alkanes of at least 4 members (excludes halogenated alkanes) is 1. The molecular formula is C27H37NO6. The minimum absolute atomic E-state index is 0.0157. The van der Waals surface area contributed by atoms with Crippen LogP contribution in [0.2, 0.25) is 0 Å². The Morgan fingerprint density at radius 2 is 2.09 bits per heavy atom. The second-order valence-electron chi connectivity index (χ2n) is 10.4. The van der Waals surface area contributed by atoms with Gasteiger partial charge in [-0.15, -0.1) is 0 Å². The van der Waals surface area contributed by atoms with Crippen LogP contribution >= 0.6 is 0 Å². The summed E-state index contributed by atoms with van der Waals surface area (Å²) in [6.45, 7) is 6.48. The van der Waals surface area contributed by atoms with Gasteiger partial charge in [0.1, 0.15) is 6.61 Å². The predicted molar refractivity (Wildman–Crippen MR) is 127 cm³/mol. The number of rotatable bonds is 12. The van der Waals surface area contributed by atoms with E-state index in [2.05, 4.69) is 24.8 Å². The van der Waals surface area contributed by atoms with Gasteiger partial charge in [-0.05, 0) is 62.6 Å². The second-order valence-corrected chi connectivity index (χ2v) is 10.4. The maximum atomic E-state index is 13.1. The van der Waals surface area contributed by atoms with Gasteiger partial charge >= 0.3 is 5.97 Å². The molecule has 1 aromatic rings. The van der Waals surface area contributed by atoms with Gasteiger partial charge in [-0.1, -0.05) is 26.3 Å². The van der Waals surface area contributed by atoms with E-state index in [1.54, 1.807) is 0 Å². The zero-order valence-corrected chi connectivity index (χ0v) is 20.4. The van der Waals surface area contributed by atoms with E-state index in [1.165, 1.54) is 18.4 Å². The summed E-state index contributed by atoms with van der Waals surface area (Å²) in [5.41, 5.74) is 1.43. The Hall–Kier alpha value is -2.12. The number of hydrogen-bond acceptors (Lipinski definition) is 6. The minimum atomic E-state index is -0.979. The maximum Gasteiger partial charge on any atom is 0.329 e. The van der Waals surface area contributed by atoms with Crippen molar-refractivity contribution in [2.24, 2.45) is 5.92 Å². The van der Waals surface area contributed by atoms with Crippen LogP contribution in [0.15, 0.2) is 12.1 Å². The normalized spacial score (nSPS) is 29.1. The topological polar surface area (TPSA) is 85.3 Å². The van der Waals surface area contributed by atoms with E-state index in [0.29, 0.717) is 36.9 Å². The number of Topliss-reactive ketones (excluding diaryl/α,β-unsaturated/α-hetero) is 1. The van der Waals surface area contributed by atoms with Crippen LogP contribution in [-0.4, -0.2) is 65.8 Å². The molecule has 0 bridgehead atoms. The van der Waals surface area contributed by atoms with Crippen molar-refractivity contribution in [1.29, 1.82) is 0 Å². The lowest BCUT2D eigenvalue weighted by atomic mass is 9.61. The molecule has 0 spiro atoms. The lowest BCUT2D eigenvalue weighted by Gasteiger charge is -2.54. The summed E-state index contributed by atoms with van der Waals surface area (Å²) in [4.78, 5) is 27.3. The van der Waals surface area contributed by atoms with Gasteiger partial charge in [-0.25, -0.2) is 4.79 Å². The summed E-state index contributed by atoms with van der Waals surface area (Å²) in [5.74, 6) is 0.854. The third kappa shape index (κ3) is 4.11. The number of hydrogen-bond donors (Lipinski definition) is 1. The molecule has 1 aromatic carbocycles. The van der Waals surface area contributed by atoms with Gasteiger partial charge in [0.25, 0.3) is 0 Å². The molecule has 7 nitrogen and oxygen atoms in total. The molecule has 5 rings (SSSR count). The number of ketones is 1. The smallest absolute Gasteiger partial charge is 0.329 e. The highest BCUT2D eigenvalue weighted by molar-refractivity contribution is 5.88. The Bertz CT molecular complexity index is 943. The summed E-state index contributed by atoms with van der Waals surface area (Å²) in [6, 6.07) is 4.13. The highest BCUT2D eigenvalue weighted by Crippen LogP contribution is 2.60. The van der Waals surface area contributed by atoms with E-state index in [1.807, 2.05) is 6.07 Å². The Morgan fingerprint density at radius 3 is 2.79 bits per heavy atom. The molecule has 1 unspecified atom stereocenters. The molecule has 2 fully saturated rings. The van der Waals surface area contributed by atoms with Gasteiger partial charge in [-0.3, -0.25) is 9.69 Å². The van der Waals surface area contributed by atoms with Gasteiger partial charge < -0.3 is 19.3 Å². The number of benzene rings is 1. The number of carboxylic acids is 1. The number of nitrogens with zero attached hydrogens (tertiary/aromatic N) is 1. The van der Waals surface area contributed by atoms with Gasteiger partial charge in [0.15, 0.2) is 23.4 Å². The molecule has 186 valence electrons. The second kappa shape index (κ2) is 9.50. The molecule has 4 aliphatic rings. The first kappa shape index (κ1) is 23.6. The first-order valence-corrected chi connectivity index (χ1v) is 13.1. The van der Waals surface area contributed by atoms with Crippen LogP contribution in [0.4, 0.5) is 0 Å². The number of carboxylic acid groups (broad SMARTS) is 1. The van der Waals surface area contributed by atoms with Crippen molar-refractivity contribution < 1.29 is 28.9 Å². The number of carbonyl (C=O) groups is 2. The molecule has 0 radical (unpaired) electrons. The van der Waals surface area contributed by atoms with Gasteiger partial charge in [0.2, 0.25) is 0 Å². The Morgan fingerprint density at radius 1 is 1.26 bits per heavy atom. The fourth-order valence-corrected chi connectivity index (χ4v) is 6.36. The molecule has 1 heterocycles. The van der Waals surface area contributed by atoms with Crippen molar-refractivity contribution in [3.63, 3.8) is 0 Å². The van der Waals surface area contributed by atoms with Crippen molar-refractivity contribution in [2.75, 3.05) is 26.3 Å². The van der Waals surface area contributed by atoms with Gasteiger partial charge in [-0.2, -0.15) is 0 Å². The molecular weight excluding hydrogens is 434 g/mol. The van der Waals surface area contributed by atoms with Crippen LogP contribution in [0.5, 0.6) is 11.5 Å². The number of ether oxygens (including phenoxy) is 3. The lowest BCUT2D eigenvalue weighted by molar-refractivity contribution is -0.177. The van der Waals surface area contributed by atoms with Crippen LogP contribution in [-0.2, 0) is 20.7 Å². The SMILES string of the molecule is CCCCOc1ccc2c3c1O[C@H]1C(=O)CC[C@](OCC(=O)O)(C31)[C@H](N(CCC)CC1CC1)C2. The molecule has 1 aliphatic heterocycles. The Balaban J connectivity index is 1.59. The molecule has 3 aliphatic carbocycles. The fourth-order valence-electron chi connectivity index (χ4n) is 6.36. The average Bonchev–Trinajstić information content (AvgIpc) is 3.54. The molecule has 34 heavy (non-hydrogen) atoms. The molecule has 0 saturated heterocycles. The summed E-state index contributed by atoms with van der Waals surface area (Å²) >= 11 is 0. The molecule has 0 aromatic heterocycles. The molecule has 2 saturated carbocycles. The van der Waals surface area contributed by atoms with E-state index in [0.717, 1.165) is 44.3 Å². The largest absolute Gasteiger partial charge is 0.490 e. The maximum absolute atomic E-state index is 13.1. The van der Waals surface area contributed by atoms with E-state index in [9.17, 15) is 14.7 Å². The summed E-state index contributed by atoms with van der Waals surface area (Å²) < 4.78 is 18.8. The summed E-state index contributed by atoms with van der Waals surface area (Å²) in [6.07, 6.45) is 6.50. The zero-order chi connectivity index (χ0) is 23.9. The summed E-state index contributed by atoms with van der Waals surface area (Å²) in [5, 5.41) is 9.55. The van der Waals surface area contributed by atoms with Crippen molar-refractivity contribution in [1.82, 2.24) is 4.90 Å². The first-order valence-electron chi connectivity index (χ1n) is 13.1.